The van der Waals surface area contributed by atoms with Crippen LogP contribution in [0.2, 0.25) is 0 Å². The van der Waals surface area contributed by atoms with E-state index in [9.17, 15) is 0 Å². The van der Waals surface area contributed by atoms with Crippen LogP contribution in [0.5, 0.6) is 0 Å². The molecule has 2 rings (SSSR count). The summed E-state index contributed by atoms with van der Waals surface area (Å²) in [6.07, 6.45) is 6.60. The third-order valence-electron chi connectivity index (χ3n) is 3.41. The van der Waals surface area contributed by atoms with Crippen molar-refractivity contribution in [2.75, 3.05) is 0 Å². The molecule has 0 spiro atoms. The molecule has 1 saturated carbocycles. The van der Waals surface area contributed by atoms with Gasteiger partial charge in [0.1, 0.15) is 0 Å². The van der Waals surface area contributed by atoms with Crippen LogP contribution < -0.4 is 10.9 Å². The Morgan fingerprint density at radius 1 is 1.31 bits per heavy atom. The number of nitrogens with one attached hydrogen (secondary N) is 2. The van der Waals surface area contributed by atoms with Crippen molar-refractivity contribution in [2.45, 2.75) is 55.9 Å². The van der Waals surface area contributed by atoms with Crippen LogP contribution >= 0.6 is 15.9 Å². The molecule has 2 fully saturated rings. The number of hydrogen-bond acceptors (Lipinski definition) is 2. The first-order chi connectivity index (χ1) is 6.31. The lowest BCUT2D eigenvalue weighted by Crippen LogP contribution is -2.35. The van der Waals surface area contributed by atoms with Crippen LogP contribution in [0.1, 0.15) is 39.0 Å². The second kappa shape index (κ2) is 4.28. The van der Waals surface area contributed by atoms with Crippen molar-refractivity contribution in [1.82, 2.24) is 10.9 Å². The molecule has 2 aliphatic rings. The maximum absolute atomic E-state index is 3.75. The Bertz CT molecular complexity index is 174. The van der Waals surface area contributed by atoms with Gasteiger partial charge in [-0.25, -0.2) is 0 Å². The Morgan fingerprint density at radius 2 is 2.15 bits per heavy atom. The predicted octanol–water partition coefficient (Wildman–Crippen LogP) is 2.20. The van der Waals surface area contributed by atoms with Crippen LogP contribution in [0.3, 0.4) is 0 Å². The van der Waals surface area contributed by atoms with Gasteiger partial charge in [-0.3, -0.25) is 10.9 Å². The maximum Gasteiger partial charge on any atom is 0.0257 e. The van der Waals surface area contributed by atoms with E-state index >= 15 is 0 Å². The van der Waals surface area contributed by atoms with Crippen molar-refractivity contribution < 1.29 is 0 Å². The van der Waals surface area contributed by atoms with Gasteiger partial charge in [-0.2, -0.15) is 0 Å². The normalized spacial score (nSPS) is 44.8. The molecule has 4 atom stereocenters. The van der Waals surface area contributed by atoms with E-state index in [1.807, 2.05) is 0 Å². The molecule has 4 unspecified atom stereocenters. The number of hydrazine groups is 1. The molecule has 1 heterocycles. The van der Waals surface area contributed by atoms with Gasteiger partial charge in [-0.1, -0.05) is 29.3 Å². The molecule has 2 N–H and O–H groups in total. The van der Waals surface area contributed by atoms with Crippen LogP contribution in [-0.2, 0) is 0 Å². The predicted molar refractivity (Wildman–Crippen MR) is 58.8 cm³/mol. The molecule has 0 bridgehead atoms. The molecule has 0 aromatic rings. The van der Waals surface area contributed by atoms with Gasteiger partial charge in [0.15, 0.2) is 0 Å². The van der Waals surface area contributed by atoms with Gasteiger partial charge in [0.25, 0.3) is 0 Å². The standard InChI is InChI=1S/C10H19BrN2/c1-2-3-9-8-6-7(11)4-5-10(8)13-12-9/h7-10,12-13H,2-6H2,1H3. The molecule has 3 heteroatoms. The van der Waals surface area contributed by atoms with E-state index in [4.69, 9.17) is 0 Å². The first-order valence-corrected chi connectivity index (χ1v) is 6.38. The molecule has 1 aliphatic carbocycles. The minimum absolute atomic E-state index is 0.718. The van der Waals surface area contributed by atoms with Crippen molar-refractivity contribution in [3.8, 4) is 0 Å². The lowest BCUT2D eigenvalue weighted by atomic mass is 9.80. The number of rotatable bonds is 2. The summed E-state index contributed by atoms with van der Waals surface area (Å²) in [6.45, 7) is 2.27. The lowest BCUT2D eigenvalue weighted by Gasteiger charge is -2.30. The van der Waals surface area contributed by atoms with Crippen molar-refractivity contribution in [3.63, 3.8) is 0 Å². The number of hydrogen-bond donors (Lipinski definition) is 2. The monoisotopic (exact) mass is 246 g/mol. The molecular weight excluding hydrogens is 228 g/mol. The van der Waals surface area contributed by atoms with Gasteiger partial charge in [0.2, 0.25) is 0 Å². The van der Waals surface area contributed by atoms with Crippen LogP contribution in [0.25, 0.3) is 0 Å². The minimum Gasteiger partial charge on any atom is -0.254 e. The van der Waals surface area contributed by atoms with Gasteiger partial charge >= 0.3 is 0 Å². The van der Waals surface area contributed by atoms with Crippen molar-refractivity contribution in [2.24, 2.45) is 5.92 Å². The zero-order chi connectivity index (χ0) is 9.26. The zero-order valence-corrected chi connectivity index (χ0v) is 9.81. The second-order valence-electron chi connectivity index (χ2n) is 4.36. The first kappa shape index (κ1) is 9.94. The molecule has 76 valence electrons. The largest absolute Gasteiger partial charge is 0.254 e. The topological polar surface area (TPSA) is 24.1 Å². The second-order valence-corrected chi connectivity index (χ2v) is 5.66. The third-order valence-corrected chi connectivity index (χ3v) is 4.24. The summed E-state index contributed by atoms with van der Waals surface area (Å²) in [5.41, 5.74) is 6.89. The number of halogens is 1. The fourth-order valence-electron chi connectivity index (χ4n) is 2.69. The molecule has 1 saturated heterocycles. The highest BCUT2D eigenvalue weighted by molar-refractivity contribution is 9.09. The van der Waals surface area contributed by atoms with E-state index in [0.29, 0.717) is 0 Å². The van der Waals surface area contributed by atoms with E-state index in [1.165, 1.54) is 32.1 Å². The highest BCUT2D eigenvalue weighted by atomic mass is 79.9. The van der Waals surface area contributed by atoms with E-state index in [2.05, 4.69) is 33.7 Å². The van der Waals surface area contributed by atoms with Crippen LogP contribution in [0.4, 0.5) is 0 Å². The summed E-state index contributed by atoms with van der Waals surface area (Å²) in [4.78, 5) is 0.759. The Morgan fingerprint density at radius 3 is 2.92 bits per heavy atom. The number of fused-ring (bicyclic) bond motifs is 1. The van der Waals surface area contributed by atoms with Gasteiger partial charge in [0, 0.05) is 16.9 Å². The molecule has 13 heavy (non-hydrogen) atoms. The van der Waals surface area contributed by atoms with Crippen molar-refractivity contribution in [1.29, 1.82) is 0 Å². The van der Waals surface area contributed by atoms with E-state index < -0.39 is 0 Å². The van der Waals surface area contributed by atoms with Gasteiger partial charge in [-0.05, 0) is 31.6 Å². The van der Waals surface area contributed by atoms with Gasteiger partial charge in [0.05, 0.1) is 0 Å². The Hall–Kier alpha value is 0.400. The van der Waals surface area contributed by atoms with Crippen molar-refractivity contribution >= 4 is 15.9 Å². The molecule has 0 aromatic heterocycles. The molecule has 0 radical (unpaired) electrons. The van der Waals surface area contributed by atoms with Crippen LogP contribution in [-0.4, -0.2) is 16.9 Å². The highest BCUT2D eigenvalue weighted by Gasteiger charge is 2.38. The van der Waals surface area contributed by atoms with Crippen LogP contribution in [0.15, 0.2) is 0 Å². The summed E-state index contributed by atoms with van der Waals surface area (Å²) in [5, 5.41) is 0. The molecular formula is C10H19BrN2. The maximum atomic E-state index is 3.75. The van der Waals surface area contributed by atoms with Gasteiger partial charge < -0.3 is 0 Å². The van der Waals surface area contributed by atoms with E-state index in [1.54, 1.807) is 0 Å². The highest BCUT2D eigenvalue weighted by Crippen LogP contribution is 2.34. The summed E-state index contributed by atoms with van der Waals surface area (Å²) < 4.78 is 0. The Kier molecular flexibility index (Phi) is 3.27. The third kappa shape index (κ3) is 2.08. The Labute approximate surface area is 88.9 Å². The summed E-state index contributed by atoms with van der Waals surface area (Å²) in [5.74, 6) is 0.859. The molecule has 2 nitrogen and oxygen atoms in total. The zero-order valence-electron chi connectivity index (χ0n) is 8.22. The Balaban J connectivity index is 1.94. The summed E-state index contributed by atoms with van der Waals surface area (Å²) in [7, 11) is 0. The SMILES string of the molecule is CCCC1NNC2CCC(Br)CC12. The average molecular weight is 247 g/mol. The molecule has 1 aliphatic heterocycles. The molecule has 0 aromatic carbocycles. The molecule has 0 amide bonds. The van der Waals surface area contributed by atoms with Gasteiger partial charge in [-0.15, -0.1) is 0 Å². The fourth-order valence-corrected chi connectivity index (χ4v) is 3.39. The van der Waals surface area contributed by atoms with E-state index in [0.717, 1.165) is 22.8 Å². The fraction of sp³-hybridized carbons (Fsp3) is 1.00. The summed E-state index contributed by atoms with van der Waals surface area (Å²) in [6, 6.07) is 1.46. The minimum atomic E-state index is 0.718. The average Bonchev–Trinajstić information content (AvgIpc) is 2.49. The first-order valence-electron chi connectivity index (χ1n) is 5.46. The number of alkyl halides is 1. The van der Waals surface area contributed by atoms with E-state index in [-0.39, 0.29) is 0 Å². The van der Waals surface area contributed by atoms with Crippen LogP contribution in [0, 0.1) is 5.92 Å². The lowest BCUT2D eigenvalue weighted by molar-refractivity contribution is 0.306. The van der Waals surface area contributed by atoms with Crippen molar-refractivity contribution in [3.05, 3.63) is 0 Å². The summed E-state index contributed by atoms with van der Waals surface area (Å²) >= 11 is 3.75. The quantitative estimate of drug-likeness (QED) is 0.731. The smallest absolute Gasteiger partial charge is 0.0257 e.